The van der Waals surface area contributed by atoms with Gasteiger partial charge in [-0.3, -0.25) is 4.79 Å². The highest BCUT2D eigenvalue weighted by molar-refractivity contribution is 6.13. The second kappa shape index (κ2) is 7.48. The van der Waals surface area contributed by atoms with Crippen molar-refractivity contribution < 1.29 is 14.3 Å². The number of carbonyl (C=O) groups is 1. The highest BCUT2D eigenvalue weighted by Crippen LogP contribution is 2.30. The van der Waals surface area contributed by atoms with Gasteiger partial charge < -0.3 is 19.4 Å². The molecule has 0 fully saturated rings. The third kappa shape index (κ3) is 3.18. The second-order valence-corrected chi connectivity index (χ2v) is 6.32. The minimum atomic E-state index is -0.0911. The number of benzene rings is 2. The van der Waals surface area contributed by atoms with Gasteiger partial charge in [0.15, 0.2) is 0 Å². The molecule has 0 aliphatic heterocycles. The summed E-state index contributed by atoms with van der Waals surface area (Å²) in [6.45, 7) is 0. The minimum Gasteiger partial charge on any atom is -0.497 e. The predicted octanol–water partition coefficient (Wildman–Crippen LogP) is 4.93. The predicted molar refractivity (Wildman–Crippen MR) is 109 cm³/mol. The van der Waals surface area contributed by atoms with Crippen LogP contribution >= 0.6 is 0 Å². The van der Waals surface area contributed by atoms with E-state index in [4.69, 9.17) is 9.47 Å². The van der Waals surface area contributed by atoms with Crippen molar-refractivity contribution in [3.8, 4) is 33.8 Å². The summed E-state index contributed by atoms with van der Waals surface area (Å²) in [5.74, 6) is 1.46. The standard InChI is InChI=1S/C23H20N2O3/c1-27-17-7-3-15(4-8-17)19-11-13-24-21(19)23(26)22-20(12-14-25-22)16-5-9-18(28-2)10-6-16/h3-14,24-25H,1-2H3. The Morgan fingerprint density at radius 3 is 1.39 bits per heavy atom. The van der Waals surface area contributed by atoms with Crippen LogP contribution in [0.2, 0.25) is 0 Å². The molecular weight excluding hydrogens is 352 g/mol. The first-order chi connectivity index (χ1) is 13.7. The number of rotatable bonds is 6. The lowest BCUT2D eigenvalue weighted by atomic mass is 9.99. The molecule has 28 heavy (non-hydrogen) atoms. The lowest BCUT2D eigenvalue weighted by Crippen LogP contribution is -2.05. The van der Waals surface area contributed by atoms with Crippen molar-refractivity contribution in [1.29, 1.82) is 0 Å². The highest BCUT2D eigenvalue weighted by Gasteiger charge is 2.21. The van der Waals surface area contributed by atoms with Crippen LogP contribution in [0.1, 0.15) is 16.2 Å². The van der Waals surface area contributed by atoms with Crippen molar-refractivity contribution in [3.05, 3.63) is 84.4 Å². The number of carbonyl (C=O) groups excluding carboxylic acids is 1. The minimum absolute atomic E-state index is 0.0911. The Balaban J connectivity index is 1.70. The van der Waals surface area contributed by atoms with Gasteiger partial charge in [0.25, 0.3) is 0 Å². The molecule has 5 heteroatoms. The van der Waals surface area contributed by atoms with Crippen LogP contribution in [0.5, 0.6) is 11.5 Å². The molecule has 0 aliphatic rings. The lowest BCUT2D eigenvalue weighted by Gasteiger charge is -2.07. The lowest BCUT2D eigenvalue weighted by molar-refractivity contribution is 0.103. The van der Waals surface area contributed by atoms with Crippen LogP contribution in [0.25, 0.3) is 22.3 Å². The van der Waals surface area contributed by atoms with Crippen molar-refractivity contribution in [2.75, 3.05) is 14.2 Å². The van der Waals surface area contributed by atoms with Crippen LogP contribution in [0, 0.1) is 0 Å². The van der Waals surface area contributed by atoms with E-state index in [2.05, 4.69) is 9.97 Å². The fourth-order valence-corrected chi connectivity index (χ4v) is 3.26. The SMILES string of the molecule is COc1ccc(-c2cc[nH]c2C(=O)c2[nH]ccc2-c2ccc(OC)cc2)cc1. The first-order valence-corrected chi connectivity index (χ1v) is 8.89. The van der Waals surface area contributed by atoms with Gasteiger partial charge in [-0.25, -0.2) is 0 Å². The van der Waals surface area contributed by atoms with Gasteiger partial charge in [-0.1, -0.05) is 24.3 Å². The van der Waals surface area contributed by atoms with Crippen LogP contribution in [0.3, 0.4) is 0 Å². The maximum absolute atomic E-state index is 13.3. The van der Waals surface area contributed by atoms with E-state index in [1.165, 1.54) is 0 Å². The van der Waals surface area contributed by atoms with Gasteiger partial charge in [0, 0.05) is 23.5 Å². The maximum atomic E-state index is 13.3. The van der Waals surface area contributed by atoms with E-state index >= 15 is 0 Å². The van der Waals surface area contributed by atoms with Crippen LogP contribution in [0.15, 0.2) is 73.1 Å². The molecule has 2 heterocycles. The Morgan fingerprint density at radius 1 is 0.643 bits per heavy atom. The van der Waals surface area contributed by atoms with Crippen molar-refractivity contribution in [3.63, 3.8) is 0 Å². The highest BCUT2D eigenvalue weighted by atomic mass is 16.5. The van der Waals surface area contributed by atoms with Crippen molar-refractivity contribution >= 4 is 5.78 Å². The Hall–Kier alpha value is -3.73. The number of methoxy groups -OCH3 is 2. The smallest absolute Gasteiger partial charge is 0.226 e. The molecule has 0 saturated heterocycles. The number of H-pyrrole nitrogens is 2. The summed E-state index contributed by atoms with van der Waals surface area (Å²) >= 11 is 0. The molecule has 140 valence electrons. The van der Waals surface area contributed by atoms with Gasteiger partial charge in [0.05, 0.1) is 25.6 Å². The van der Waals surface area contributed by atoms with Gasteiger partial charge in [0.2, 0.25) is 5.78 Å². The number of nitrogens with one attached hydrogen (secondary N) is 2. The molecule has 2 aromatic heterocycles. The van der Waals surface area contributed by atoms with E-state index in [0.29, 0.717) is 11.4 Å². The number of hydrogen-bond acceptors (Lipinski definition) is 3. The number of aromatic amines is 2. The number of ether oxygens (including phenoxy) is 2. The van der Waals surface area contributed by atoms with Gasteiger partial charge in [-0.05, 0) is 47.5 Å². The Bertz CT molecular complexity index is 1000. The number of aromatic nitrogens is 2. The number of hydrogen-bond donors (Lipinski definition) is 2. The molecule has 0 saturated carbocycles. The monoisotopic (exact) mass is 372 g/mol. The van der Waals surface area contributed by atoms with E-state index in [0.717, 1.165) is 33.8 Å². The third-order valence-electron chi connectivity index (χ3n) is 4.75. The molecule has 0 aliphatic carbocycles. The van der Waals surface area contributed by atoms with E-state index in [1.807, 2.05) is 60.7 Å². The molecule has 0 radical (unpaired) electrons. The third-order valence-corrected chi connectivity index (χ3v) is 4.75. The van der Waals surface area contributed by atoms with Crippen LogP contribution < -0.4 is 9.47 Å². The zero-order chi connectivity index (χ0) is 19.5. The van der Waals surface area contributed by atoms with E-state index < -0.39 is 0 Å². The molecule has 4 rings (SSSR count). The number of ketones is 1. The maximum Gasteiger partial charge on any atom is 0.226 e. The summed E-state index contributed by atoms with van der Waals surface area (Å²) in [6, 6.07) is 19.1. The molecule has 2 aromatic carbocycles. The summed E-state index contributed by atoms with van der Waals surface area (Å²) in [5.41, 5.74) is 4.68. The largest absolute Gasteiger partial charge is 0.497 e. The fraction of sp³-hybridized carbons (Fsp3) is 0.0870. The first-order valence-electron chi connectivity index (χ1n) is 8.89. The molecule has 4 aromatic rings. The molecule has 0 atom stereocenters. The van der Waals surface area contributed by atoms with Gasteiger partial charge in [-0.2, -0.15) is 0 Å². The fourth-order valence-electron chi connectivity index (χ4n) is 3.26. The van der Waals surface area contributed by atoms with Gasteiger partial charge in [0.1, 0.15) is 11.5 Å². The van der Waals surface area contributed by atoms with Crippen molar-refractivity contribution in [1.82, 2.24) is 9.97 Å². The molecular formula is C23H20N2O3. The first kappa shape index (κ1) is 17.7. The Kier molecular flexibility index (Phi) is 4.72. The van der Waals surface area contributed by atoms with Crippen LogP contribution in [-0.2, 0) is 0 Å². The Morgan fingerprint density at radius 2 is 1.04 bits per heavy atom. The summed E-state index contributed by atoms with van der Waals surface area (Å²) in [5, 5.41) is 0. The van der Waals surface area contributed by atoms with Crippen molar-refractivity contribution in [2.24, 2.45) is 0 Å². The summed E-state index contributed by atoms with van der Waals surface area (Å²) in [7, 11) is 3.26. The average molecular weight is 372 g/mol. The summed E-state index contributed by atoms with van der Waals surface area (Å²) < 4.78 is 10.4. The zero-order valence-electron chi connectivity index (χ0n) is 15.7. The molecule has 0 spiro atoms. The summed E-state index contributed by atoms with van der Waals surface area (Å²) in [6.07, 6.45) is 3.56. The molecule has 0 amide bonds. The van der Waals surface area contributed by atoms with Crippen molar-refractivity contribution in [2.45, 2.75) is 0 Å². The second-order valence-electron chi connectivity index (χ2n) is 6.32. The van der Waals surface area contributed by atoms with E-state index in [9.17, 15) is 4.79 Å². The normalized spacial score (nSPS) is 10.6. The Labute approximate surface area is 163 Å². The van der Waals surface area contributed by atoms with Crippen LogP contribution in [0.4, 0.5) is 0 Å². The molecule has 2 N–H and O–H groups in total. The van der Waals surface area contributed by atoms with Crippen LogP contribution in [-0.4, -0.2) is 30.0 Å². The summed E-state index contributed by atoms with van der Waals surface area (Å²) in [4.78, 5) is 19.5. The molecule has 0 unspecified atom stereocenters. The van der Waals surface area contributed by atoms with Gasteiger partial charge in [-0.15, -0.1) is 0 Å². The van der Waals surface area contributed by atoms with E-state index in [1.54, 1.807) is 26.6 Å². The topological polar surface area (TPSA) is 67.1 Å². The zero-order valence-corrected chi connectivity index (χ0v) is 15.7. The van der Waals surface area contributed by atoms with E-state index in [-0.39, 0.29) is 5.78 Å². The quantitative estimate of drug-likeness (QED) is 0.472. The molecule has 5 nitrogen and oxygen atoms in total. The van der Waals surface area contributed by atoms with Gasteiger partial charge >= 0.3 is 0 Å². The average Bonchev–Trinajstić information content (AvgIpc) is 3.43. The molecule has 0 bridgehead atoms.